The van der Waals surface area contributed by atoms with Gasteiger partial charge in [-0.3, -0.25) is 0 Å². The quantitative estimate of drug-likeness (QED) is 0.622. The van der Waals surface area contributed by atoms with Crippen LogP contribution in [0.1, 0.15) is 17.4 Å². The molecule has 0 radical (unpaired) electrons. The Morgan fingerprint density at radius 3 is 2.70 bits per heavy atom. The van der Waals surface area contributed by atoms with Crippen LogP contribution < -0.4 is 5.73 Å². The summed E-state index contributed by atoms with van der Waals surface area (Å²) in [5.74, 6) is 0.129. The lowest BCUT2D eigenvalue weighted by Crippen LogP contribution is -2.10. The van der Waals surface area contributed by atoms with Crippen LogP contribution in [0.3, 0.4) is 0 Å². The van der Waals surface area contributed by atoms with Gasteiger partial charge in [-0.05, 0) is 52.4 Å². The molecule has 1 heterocycles. The van der Waals surface area contributed by atoms with Gasteiger partial charge in [0.25, 0.3) is 0 Å². The van der Waals surface area contributed by atoms with E-state index >= 15 is 0 Å². The van der Waals surface area contributed by atoms with E-state index in [2.05, 4.69) is 22.6 Å². The van der Waals surface area contributed by atoms with Crippen LogP contribution in [-0.2, 0) is 0 Å². The Morgan fingerprint density at radius 2 is 2.00 bits per heavy atom. The first-order valence-electron chi connectivity index (χ1n) is 5.95. The van der Waals surface area contributed by atoms with Crippen LogP contribution in [0.2, 0.25) is 5.02 Å². The molecule has 2 aromatic carbocycles. The number of halogens is 3. The lowest BCUT2D eigenvalue weighted by atomic mass is 10.1. The molecule has 3 aromatic rings. The average Bonchev–Trinajstić information content (AvgIpc) is 2.86. The molecule has 1 atom stereocenters. The average molecular weight is 402 g/mol. The minimum Gasteiger partial charge on any atom is -0.456 e. The van der Waals surface area contributed by atoms with Crippen LogP contribution in [0, 0.1) is 9.39 Å². The van der Waals surface area contributed by atoms with Crippen molar-refractivity contribution < 1.29 is 8.81 Å². The molecule has 0 bridgehead atoms. The lowest BCUT2D eigenvalue weighted by Gasteiger charge is -2.10. The van der Waals surface area contributed by atoms with Gasteiger partial charge in [0.15, 0.2) is 11.4 Å². The van der Waals surface area contributed by atoms with E-state index in [-0.39, 0.29) is 11.4 Å². The summed E-state index contributed by atoms with van der Waals surface area (Å²) in [4.78, 5) is 0. The van der Waals surface area contributed by atoms with Crippen molar-refractivity contribution in [2.45, 2.75) is 6.04 Å². The Morgan fingerprint density at radius 1 is 1.20 bits per heavy atom. The van der Waals surface area contributed by atoms with E-state index in [4.69, 9.17) is 21.8 Å². The molecular formula is C15H10ClFINO. The molecule has 2 N–H and O–H groups in total. The van der Waals surface area contributed by atoms with Crippen molar-refractivity contribution in [2.75, 3.05) is 0 Å². The van der Waals surface area contributed by atoms with E-state index < -0.39 is 6.04 Å². The zero-order chi connectivity index (χ0) is 14.3. The normalized spacial score (nSPS) is 12.8. The molecule has 0 fully saturated rings. The van der Waals surface area contributed by atoms with E-state index in [1.54, 1.807) is 24.3 Å². The van der Waals surface area contributed by atoms with Gasteiger partial charge in [-0.25, -0.2) is 4.39 Å². The molecule has 3 rings (SSSR count). The molecule has 0 aliphatic rings. The van der Waals surface area contributed by atoms with E-state index in [1.807, 2.05) is 12.1 Å². The molecular weight excluding hydrogens is 392 g/mol. The fourth-order valence-electron chi connectivity index (χ4n) is 2.07. The maximum absolute atomic E-state index is 13.6. The minimum absolute atomic E-state index is 0.231. The summed E-state index contributed by atoms with van der Waals surface area (Å²) < 4.78 is 20.1. The SMILES string of the molecule is NC(c1ccc(I)c(Cl)c1)c1cc2cccc(F)c2o1. The molecule has 1 aromatic heterocycles. The predicted molar refractivity (Wildman–Crippen MR) is 86.4 cm³/mol. The third kappa shape index (κ3) is 2.43. The Kier molecular flexibility index (Phi) is 3.70. The van der Waals surface area contributed by atoms with Gasteiger partial charge < -0.3 is 10.2 Å². The van der Waals surface area contributed by atoms with E-state index in [0.717, 1.165) is 9.13 Å². The smallest absolute Gasteiger partial charge is 0.169 e. The molecule has 1 unspecified atom stereocenters. The van der Waals surface area contributed by atoms with Gasteiger partial charge in [0.1, 0.15) is 5.76 Å². The number of furan rings is 1. The third-order valence-corrected chi connectivity index (χ3v) is 4.70. The molecule has 0 spiro atoms. The zero-order valence-electron chi connectivity index (χ0n) is 10.2. The topological polar surface area (TPSA) is 39.2 Å². The third-order valence-electron chi connectivity index (χ3n) is 3.12. The molecule has 102 valence electrons. The largest absolute Gasteiger partial charge is 0.456 e. The Labute approximate surface area is 133 Å². The first kappa shape index (κ1) is 13.9. The second-order valence-electron chi connectivity index (χ2n) is 4.46. The highest BCUT2D eigenvalue weighted by molar-refractivity contribution is 14.1. The summed E-state index contributed by atoms with van der Waals surface area (Å²) in [5, 5.41) is 1.34. The first-order valence-corrected chi connectivity index (χ1v) is 7.40. The van der Waals surface area contributed by atoms with Gasteiger partial charge in [0.05, 0.1) is 11.1 Å². The van der Waals surface area contributed by atoms with Crippen LogP contribution in [-0.4, -0.2) is 0 Å². The second-order valence-corrected chi connectivity index (χ2v) is 6.03. The van der Waals surface area contributed by atoms with E-state index in [1.165, 1.54) is 6.07 Å². The van der Waals surface area contributed by atoms with Crippen LogP contribution in [0.4, 0.5) is 4.39 Å². The fourth-order valence-corrected chi connectivity index (χ4v) is 2.60. The highest BCUT2D eigenvalue weighted by Crippen LogP contribution is 2.30. The standard InChI is InChI=1S/C15H10ClFINO/c16-10-6-8(4-5-12(10)18)14(19)13-7-9-2-1-3-11(17)15(9)20-13/h1-7,14H,19H2. The van der Waals surface area contributed by atoms with Crippen LogP contribution in [0.15, 0.2) is 46.9 Å². The summed E-state index contributed by atoms with van der Waals surface area (Å²) >= 11 is 8.24. The van der Waals surface area contributed by atoms with Gasteiger partial charge in [0, 0.05) is 8.96 Å². The minimum atomic E-state index is -0.476. The zero-order valence-corrected chi connectivity index (χ0v) is 13.2. The molecule has 5 heteroatoms. The van der Waals surface area contributed by atoms with Crippen molar-refractivity contribution in [1.82, 2.24) is 0 Å². The Bertz CT molecular complexity index is 787. The van der Waals surface area contributed by atoms with Crippen LogP contribution in [0.5, 0.6) is 0 Å². The molecule has 0 aliphatic heterocycles. The van der Waals surface area contributed by atoms with Crippen molar-refractivity contribution >= 4 is 45.2 Å². The number of rotatable bonds is 2. The molecule has 0 aliphatic carbocycles. The monoisotopic (exact) mass is 401 g/mol. The number of nitrogens with two attached hydrogens (primary N) is 1. The number of hydrogen-bond acceptors (Lipinski definition) is 2. The lowest BCUT2D eigenvalue weighted by molar-refractivity contribution is 0.502. The van der Waals surface area contributed by atoms with Gasteiger partial charge in [-0.15, -0.1) is 0 Å². The van der Waals surface area contributed by atoms with Crippen molar-refractivity contribution in [3.63, 3.8) is 0 Å². The maximum Gasteiger partial charge on any atom is 0.169 e. The van der Waals surface area contributed by atoms with E-state index in [0.29, 0.717) is 16.2 Å². The highest BCUT2D eigenvalue weighted by atomic mass is 127. The summed E-state index contributed by atoms with van der Waals surface area (Å²) in [5.41, 5.74) is 7.23. The maximum atomic E-state index is 13.6. The fraction of sp³-hybridized carbons (Fsp3) is 0.0667. The van der Waals surface area contributed by atoms with Crippen molar-refractivity contribution in [2.24, 2.45) is 5.73 Å². The van der Waals surface area contributed by atoms with Crippen molar-refractivity contribution in [3.8, 4) is 0 Å². The summed E-state index contributed by atoms with van der Waals surface area (Å²) in [6, 6.07) is 11.7. The first-order chi connectivity index (χ1) is 9.56. The van der Waals surface area contributed by atoms with Crippen LogP contribution >= 0.6 is 34.2 Å². The molecule has 20 heavy (non-hydrogen) atoms. The van der Waals surface area contributed by atoms with Gasteiger partial charge in [-0.2, -0.15) is 0 Å². The number of fused-ring (bicyclic) bond motifs is 1. The molecule has 0 amide bonds. The summed E-state index contributed by atoms with van der Waals surface area (Å²) in [6.45, 7) is 0. The Hall–Kier alpha value is -1.11. The summed E-state index contributed by atoms with van der Waals surface area (Å²) in [7, 11) is 0. The van der Waals surface area contributed by atoms with Crippen molar-refractivity contribution in [3.05, 3.63) is 68.2 Å². The summed E-state index contributed by atoms with van der Waals surface area (Å²) in [6.07, 6.45) is 0. The Balaban J connectivity index is 2.05. The van der Waals surface area contributed by atoms with Gasteiger partial charge in [-0.1, -0.05) is 29.8 Å². The molecule has 0 saturated carbocycles. The van der Waals surface area contributed by atoms with Crippen molar-refractivity contribution in [1.29, 1.82) is 0 Å². The second kappa shape index (κ2) is 5.35. The number of para-hydroxylation sites is 1. The number of benzene rings is 2. The van der Waals surface area contributed by atoms with E-state index in [9.17, 15) is 4.39 Å². The van der Waals surface area contributed by atoms with Crippen LogP contribution in [0.25, 0.3) is 11.0 Å². The predicted octanol–water partition coefficient (Wildman–Crippen LogP) is 4.88. The van der Waals surface area contributed by atoms with Gasteiger partial charge >= 0.3 is 0 Å². The van der Waals surface area contributed by atoms with Gasteiger partial charge in [0.2, 0.25) is 0 Å². The number of hydrogen-bond donors (Lipinski definition) is 1. The molecule has 0 saturated heterocycles. The molecule has 2 nitrogen and oxygen atoms in total. The highest BCUT2D eigenvalue weighted by Gasteiger charge is 2.16.